The third-order valence-electron chi connectivity index (χ3n) is 2.03. The molecule has 2 heteroatoms. The lowest BCUT2D eigenvalue weighted by Crippen LogP contribution is -1.88. The Hall–Kier alpha value is -0.890. The average molecular weight is 177 g/mol. The summed E-state index contributed by atoms with van der Waals surface area (Å²) in [5.74, 6) is 1.05. The fourth-order valence-corrected chi connectivity index (χ4v) is 2.11. The molecule has 0 aliphatic carbocycles. The van der Waals surface area contributed by atoms with Crippen molar-refractivity contribution in [1.82, 2.24) is 4.72 Å². The molecule has 0 aromatic heterocycles. The van der Waals surface area contributed by atoms with E-state index >= 15 is 0 Å². The molecule has 0 saturated carbocycles. The average Bonchev–Trinajstić information content (AvgIpc) is 2.29. The van der Waals surface area contributed by atoms with Crippen molar-refractivity contribution in [2.24, 2.45) is 0 Å². The van der Waals surface area contributed by atoms with Gasteiger partial charge in [-0.2, -0.15) is 0 Å². The van der Waals surface area contributed by atoms with Crippen molar-refractivity contribution in [2.75, 3.05) is 0 Å². The van der Waals surface area contributed by atoms with Crippen molar-refractivity contribution in [3.05, 3.63) is 41.6 Å². The third-order valence-corrected chi connectivity index (χ3v) is 2.77. The molecule has 0 atom stereocenters. The summed E-state index contributed by atoms with van der Waals surface area (Å²) in [6, 6.07) is 8.55. The van der Waals surface area contributed by atoms with Gasteiger partial charge in [-0.3, -0.25) is 0 Å². The maximum absolute atomic E-state index is 3.20. The molecule has 12 heavy (non-hydrogen) atoms. The van der Waals surface area contributed by atoms with Crippen LogP contribution in [0.5, 0.6) is 0 Å². The van der Waals surface area contributed by atoms with Gasteiger partial charge in [0.1, 0.15) is 0 Å². The molecule has 1 aromatic carbocycles. The summed E-state index contributed by atoms with van der Waals surface area (Å²) < 4.78 is 3.20. The van der Waals surface area contributed by atoms with Crippen LogP contribution < -0.4 is 4.72 Å². The first-order valence-corrected chi connectivity index (χ1v) is 4.99. The number of allylic oxidation sites excluding steroid dienone is 1. The van der Waals surface area contributed by atoms with Gasteiger partial charge in [-0.25, -0.2) is 0 Å². The summed E-state index contributed by atoms with van der Waals surface area (Å²) in [7, 11) is 0. The fourth-order valence-electron chi connectivity index (χ4n) is 1.36. The van der Waals surface area contributed by atoms with Gasteiger partial charge in [0.05, 0.1) is 0 Å². The van der Waals surface area contributed by atoms with Crippen molar-refractivity contribution in [3.8, 4) is 0 Å². The number of nitrogens with one attached hydrogen (secondary N) is 1. The summed E-state index contributed by atoms with van der Waals surface area (Å²) in [5, 5.41) is 0. The molecule has 1 heterocycles. The zero-order chi connectivity index (χ0) is 8.39. The van der Waals surface area contributed by atoms with Crippen LogP contribution in [0.4, 0.5) is 0 Å². The normalized spacial score (nSPS) is 15.6. The number of benzene rings is 1. The molecule has 0 fully saturated rings. The van der Waals surface area contributed by atoms with Crippen LogP contribution in [0.3, 0.4) is 0 Å². The quantitative estimate of drug-likeness (QED) is 0.611. The van der Waals surface area contributed by atoms with E-state index in [1.54, 1.807) is 11.9 Å². The lowest BCUT2D eigenvalue weighted by Gasteiger charge is -2.03. The SMILES string of the molecule is CC1=CNSCc2ccccc21. The van der Waals surface area contributed by atoms with Gasteiger partial charge in [0, 0.05) is 12.0 Å². The summed E-state index contributed by atoms with van der Waals surface area (Å²) >= 11 is 1.74. The van der Waals surface area contributed by atoms with Crippen molar-refractivity contribution >= 4 is 17.5 Å². The van der Waals surface area contributed by atoms with Crippen LogP contribution >= 0.6 is 11.9 Å². The molecule has 62 valence electrons. The molecular weight excluding hydrogens is 166 g/mol. The maximum atomic E-state index is 3.20. The second kappa shape index (κ2) is 3.23. The first-order valence-electron chi connectivity index (χ1n) is 4.00. The van der Waals surface area contributed by atoms with Gasteiger partial charge in [-0.05, 0) is 35.6 Å². The monoisotopic (exact) mass is 177 g/mol. The fraction of sp³-hybridized carbons (Fsp3) is 0.200. The van der Waals surface area contributed by atoms with Crippen molar-refractivity contribution in [1.29, 1.82) is 0 Å². The van der Waals surface area contributed by atoms with Crippen molar-refractivity contribution < 1.29 is 0 Å². The Morgan fingerprint density at radius 1 is 1.33 bits per heavy atom. The van der Waals surface area contributed by atoms with E-state index < -0.39 is 0 Å². The van der Waals surface area contributed by atoms with E-state index in [4.69, 9.17) is 0 Å². The van der Waals surface area contributed by atoms with E-state index in [1.807, 2.05) is 0 Å². The molecule has 0 amide bonds. The van der Waals surface area contributed by atoms with Crippen LogP contribution in [0, 0.1) is 0 Å². The third kappa shape index (κ3) is 1.34. The Labute approximate surface area is 77.0 Å². The Bertz CT molecular complexity index is 317. The number of fused-ring (bicyclic) bond motifs is 1. The van der Waals surface area contributed by atoms with E-state index in [0.29, 0.717) is 0 Å². The van der Waals surface area contributed by atoms with Crippen LogP contribution in [0.1, 0.15) is 18.1 Å². The van der Waals surface area contributed by atoms with E-state index in [0.717, 1.165) is 5.75 Å². The molecule has 1 aliphatic heterocycles. The molecule has 0 spiro atoms. The smallest absolute Gasteiger partial charge is 0.0389 e. The Balaban J connectivity index is 2.51. The highest BCUT2D eigenvalue weighted by Crippen LogP contribution is 2.24. The first-order chi connectivity index (χ1) is 5.88. The highest BCUT2D eigenvalue weighted by atomic mass is 32.2. The lowest BCUT2D eigenvalue weighted by atomic mass is 10.0. The van der Waals surface area contributed by atoms with Gasteiger partial charge >= 0.3 is 0 Å². The van der Waals surface area contributed by atoms with Crippen LogP contribution in [0.25, 0.3) is 5.57 Å². The second-order valence-corrected chi connectivity index (χ2v) is 3.70. The molecule has 1 N–H and O–H groups in total. The zero-order valence-electron chi connectivity index (χ0n) is 7.00. The first kappa shape index (κ1) is 7.74. The number of hydrogen-bond donors (Lipinski definition) is 1. The van der Waals surface area contributed by atoms with Gasteiger partial charge in [0.25, 0.3) is 0 Å². The van der Waals surface area contributed by atoms with Crippen LogP contribution in [0.15, 0.2) is 30.5 Å². The minimum atomic E-state index is 1.05. The Morgan fingerprint density at radius 2 is 2.17 bits per heavy atom. The zero-order valence-corrected chi connectivity index (χ0v) is 7.82. The maximum Gasteiger partial charge on any atom is 0.0389 e. The van der Waals surface area contributed by atoms with Crippen LogP contribution in [-0.2, 0) is 5.75 Å². The van der Waals surface area contributed by atoms with Crippen LogP contribution in [0.2, 0.25) is 0 Å². The second-order valence-electron chi connectivity index (χ2n) is 2.89. The van der Waals surface area contributed by atoms with Crippen molar-refractivity contribution in [2.45, 2.75) is 12.7 Å². The van der Waals surface area contributed by atoms with E-state index in [1.165, 1.54) is 16.7 Å². The van der Waals surface area contributed by atoms with Crippen molar-refractivity contribution in [3.63, 3.8) is 0 Å². The molecule has 0 saturated heterocycles. The molecule has 1 nitrogen and oxygen atoms in total. The van der Waals surface area contributed by atoms with Gasteiger partial charge in [0.2, 0.25) is 0 Å². The molecule has 2 rings (SSSR count). The predicted octanol–water partition coefficient (Wildman–Crippen LogP) is 2.80. The predicted molar refractivity (Wildman–Crippen MR) is 54.5 cm³/mol. The molecule has 0 unspecified atom stereocenters. The minimum absolute atomic E-state index is 1.05. The van der Waals surface area contributed by atoms with Gasteiger partial charge < -0.3 is 4.72 Å². The summed E-state index contributed by atoms with van der Waals surface area (Å²) in [4.78, 5) is 0. The van der Waals surface area contributed by atoms with Gasteiger partial charge in [0.15, 0.2) is 0 Å². The summed E-state index contributed by atoms with van der Waals surface area (Å²) in [5.41, 5.74) is 4.10. The summed E-state index contributed by atoms with van der Waals surface area (Å²) in [6.07, 6.45) is 2.07. The largest absolute Gasteiger partial charge is 0.336 e. The Morgan fingerprint density at radius 3 is 3.08 bits per heavy atom. The minimum Gasteiger partial charge on any atom is -0.336 e. The molecular formula is C10H11NS. The highest BCUT2D eigenvalue weighted by Gasteiger charge is 2.06. The number of hydrogen-bond acceptors (Lipinski definition) is 2. The van der Waals surface area contributed by atoms with Crippen LogP contribution in [-0.4, -0.2) is 0 Å². The topological polar surface area (TPSA) is 12.0 Å². The standard InChI is InChI=1S/C10H11NS/c1-8-6-11-12-7-9-4-2-3-5-10(8)9/h2-6,11H,7H2,1H3. The molecule has 0 bridgehead atoms. The highest BCUT2D eigenvalue weighted by molar-refractivity contribution is 7.96. The van der Waals surface area contributed by atoms with Gasteiger partial charge in [-0.15, -0.1) is 0 Å². The van der Waals surface area contributed by atoms with E-state index in [9.17, 15) is 0 Å². The lowest BCUT2D eigenvalue weighted by molar-refractivity contribution is 1.37. The molecule has 1 aromatic rings. The number of rotatable bonds is 0. The molecule has 1 aliphatic rings. The van der Waals surface area contributed by atoms with E-state index in [2.05, 4.69) is 42.1 Å². The summed E-state index contributed by atoms with van der Waals surface area (Å²) in [6.45, 7) is 2.14. The molecule has 0 radical (unpaired) electrons. The van der Waals surface area contributed by atoms with Gasteiger partial charge in [-0.1, -0.05) is 24.3 Å². The van der Waals surface area contributed by atoms with E-state index in [-0.39, 0.29) is 0 Å². The Kier molecular flexibility index (Phi) is 2.09.